The van der Waals surface area contributed by atoms with Crippen LogP contribution in [0.2, 0.25) is 0 Å². The van der Waals surface area contributed by atoms with Gasteiger partial charge in [-0.05, 0) is 101 Å². The summed E-state index contributed by atoms with van der Waals surface area (Å²) >= 11 is 0. The van der Waals surface area contributed by atoms with E-state index in [9.17, 15) is 40.2 Å². The van der Waals surface area contributed by atoms with Crippen molar-refractivity contribution in [2.45, 2.75) is 64.8 Å². The van der Waals surface area contributed by atoms with Crippen molar-refractivity contribution in [1.29, 1.82) is 0 Å². The maximum absolute atomic E-state index is 13.0. The molecule has 13 nitrogen and oxygen atoms in total. The van der Waals surface area contributed by atoms with Crippen LogP contribution in [-0.4, -0.2) is 135 Å². The standard InChI is InChI=1S/C40H57N5O8/c1-28-17-31(37(50)35(19-28)39(52)41-33(24-46)25-47)22-44-13-6-11-43(21-30-9-4-3-5-10-30)12-7-14-45(16-8-15-44)23-32-18-29(2)20-36(38(32)51)40(53)42-34(26-48)27-49/h3-5,9-10,17-20,33-34,46-51H,6-8,11-16,21-27H2,1-2H3,(H,41,52)(H,42,53). The van der Waals surface area contributed by atoms with Crippen LogP contribution in [0.4, 0.5) is 0 Å². The Hall–Kier alpha value is -4.08. The molecule has 1 aliphatic heterocycles. The summed E-state index contributed by atoms with van der Waals surface area (Å²) in [6.45, 7) is 8.30. The minimum absolute atomic E-state index is 0.0933. The van der Waals surface area contributed by atoms with Crippen LogP contribution in [0.15, 0.2) is 54.6 Å². The zero-order valence-corrected chi connectivity index (χ0v) is 31.0. The molecule has 8 N–H and O–H groups in total. The molecule has 3 aromatic carbocycles. The van der Waals surface area contributed by atoms with E-state index >= 15 is 0 Å². The average molecular weight is 736 g/mol. The summed E-state index contributed by atoms with van der Waals surface area (Å²) in [5, 5.41) is 65.5. The first kappa shape index (κ1) is 41.7. The van der Waals surface area contributed by atoms with Gasteiger partial charge in [0.1, 0.15) is 11.5 Å². The molecule has 0 aromatic heterocycles. The van der Waals surface area contributed by atoms with Crippen LogP contribution >= 0.6 is 0 Å². The van der Waals surface area contributed by atoms with E-state index in [2.05, 4.69) is 37.5 Å². The molecule has 0 bridgehead atoms. The third kappa shape index (κ3) is 12.5. The second kappa shape index (κ2) is 21.0. The third-order valence-electron chi connectivity index (χ3n) is 9.59. The van der Waals surface area contributed by atoms with Crippen LogP contribution in [0.25, 0.3) is 0 Å². The van der Waals surface area contributed by atoms with Gasteiger partial charge >= 0.3 is 0 Å². The largest absolute Gasteiger partial charge is 0.507 e. The van der Waals surface area contributed by atoms with Gasteiger partial charge in [0.05, 0.1) is 49.6 Å². The molecule has 0 atom stereocenters. The minimum atomic E-state index is -0.835. The highest BCUT2D eigenvalue weighted by Gasteiger charge is 2.23. The van der Waals surface area contributed by atoms with Crippen molar-refractivity contribution in [2.24, 2.45) is 0 Å². The number of nitrogens with one attached hydrogen (secondary N) is 2. The van der Waals surface area contributed by atoms with Crippen molar-refractivity contribution in [3.05, 3.63) is 93.5 Å². The van der Waals surface area contributed by atoms with E-state index in [0.29, 0.717) is 37.3 Å². The lowest BCUT2D eigenvalue weighted by molar-refractivity contribution is 0.0870. The molecule has 0 aliphatic carbocycles. The van der Waals surface area contributed by atoms with E-state index in [-0.39, 0.29) is 22.6 Å². The lowest BCUT2D eigenvalue weighted by Crippen LogP contribution is -2.40. The van der Waals surface area contributed by atoms with Crippen LogP contribution in [0, 0.1) is 13.8 Å². The fourth-order valence-electron chi connectivity index (χ4n) is 6.81. The maximum Gasteiger partial charge on any atom is 0.255 e. The molecular formula is C40H57N5O8. The zero-order valence-electron chi connectivity index (χ0n) is 31.0. The number of aromatic hydroxyl groups is 2. The summed E-state index contributed by atoms with van der Waals surface area (Å²) in [5.41, 5.74) is 4.25. The number of rotatable bonds is 14. The summed E-state index contributed by atoms with van der Waals surface area (Å²) in [7, 11) is 0. The summed E-state index contributed by atoms with van der Waals surface area (Å²) in [6.07, 6.45) is 2.60. The van der Waals surface area contributed by atoms with Crippen molar-refractivity contribution in [2.75, 3.05) is 65.7 Å². The van der Waals surface area contributed by atoms with Crippen molar-refractivity contribution < 1.29 is 40.2 Å². The van der Waals surface area contributed by atoms with Gasteiger partial charge in [-0.2, -0.15) is 0 Å². The zero-order chi connectivity index (χ0) is 38.3. The predicted octanol–water partition coefficient (Wildman–Crippen LogP) is 1.87. The van der Waals surface area contributed by atoms with Crippen LogP contribution < -0.4 is 10.6 Å². The molecule has 1 heterocycles. The lowest BCUT2D eigenvalue weighted by atomic mass is 10.0. The van der Waals surface area contributed by atoms with Gasteiger partial charge in [-0.3, -0.25) is 24.3 Å². The molecule has 1 fully saturated rings. The number of aryl methyl sites for hydroxylation is 2. The van der Waals surface area contributed by atoms with Crippen molar-refractivity contribution in [1.82, 2.24) is 25.3 Å². The van der Waals surface area contributed by atoms with Crippen LogP contribution in [0.5, 0.6) is 11.5 Å². The van der Waals surface area contributed by atoms with E-state index in [1.165, 1.54) is 5.56 Å². The predicted molar refractivity (Wildman–Crippen MR) is 203 cm³/mol. The summed E-state index contributed by atoms with van der Waals surface area (Å²) in [6, 6.07) is 15.6. The highest BCUT2D eigenvalue weighted by atomic mass is 16.3. The van der Waals surface area contributed by atoms with E-state index in [4.69, 9.17) is 0 Å². The third-order valence-corrected chi connectivity index (χ3v) is 9.59. The first-order chi connectivity index (χ1) is 25.5. The molecule has 4 rings (SSSR count). The minimum Gasteiger partial charge on any atom is -0.507 e. The van der Waals surface area contributed by atoms with Crippen molar-refractivity contribution in [3.63, 3.8) is 0 Å². The van der Waals surface area contributed by atoms with E-state index in [1.807, 2.05) is 44.2 Å². The first-order valence-corrected chi connectivity index (χ1v) is 18.5. The second-order valence-electron chi connectivity index (χ2n) is 14.1. The summed E-state index contributed by atoms with van der Waals surface area (Å²) in [4.78, 5) is 33.1. The van der Waals surface area contributed by atoms with Gasteiger partial charge < -0.3 is 41.3 Å². The fraction of sp³-hybridized carbons (Fsp3) is 0.500. The Kier molecular flexibility index (Phi) is 16.5. The Morgan fingerprint density at radius 2 is 0.943 bits per heavy atom. The van der Waals surface area contributed by atoms with Gasteiger partial charge in [0.25, 0.3) is 11.8 Å². The number of benzene rings is 3. The van der Waals surface area contributed by atoms with Gasteiger partial charge in [-0.15, -0.1) is 0 Å². The molecule has 2 amide bonds. The molecule has 1 saturated heterocycles. The molecule has 1 aliphatic rings. The van der Waals surface area contributed by atoms with E-state index in [0.717, 1.165) is 63.1 Å². The monoisotopic (exact) mass is 735 g/mol. The van der Waals surface area contributed by atoms with Gasteiger partial charge in [0.15, 0.2) is 0 Å². The number of carbonyl (C=O) groups excluding carboxylic acids is 2. The number of nitrogens with zero attached hydrogens (tertiary/aromatic N) is 3. The topological polar surface area (TPSA) is 189 Å². The van der Waals surface area contributed by atoms with Crippen LogP contribution in [0.1, 0.15) is 67.8 Å². The number of phenols is 2. The molecule has 0 radical (unpaired) electrons. The number of aliphatic hydroxyl groups excluding tert-OH is 4. The molecular weight excluding hydrogens is 678 g/mol. The SMILES string of the molecule is Cc1cc(CN2CCCN(Cc3ccccc3)CCCN(Cc3cc(C)cc(C(=O)NC(CO)CO)c3O)CCC2)c(O)c(C(=O)NC(CO)CO)c1. The van der Waals surface area contributed by atoms with Gasteiger partial charge in [0, 0.05) is 30.8 Å². The molecule has 290 valence electrons. The molecule has 53 heavy (non-hydrogen) atoms. The molecule has 13 heteroatoms. The van der Waals surface area contributed by atoms with E-state index < -0.39 is 50.3 Å². The van der Waals surface area contributed by atoms with Gasteiger partial charge in [-0.1, -0.05) is 42.5 Å². The number of aliphatic hydroxyl groups is 4. The Labute approximate surface area is 312 Å². The second-order valence-corrected chi connectivity index (χ2v) is 14.1. The number of amides is 2. The molecule has 0 unspecified atom stereocenters. The van der Waals surface area contributed by atoms with E-state index in [1.54, 1.807) is 12.1 Å². The normalized spacial score (nSPS) is 15.6. The highest BCUT2D eigenvalue weighted by Crippen LogP contribution is 2.28. The molecule has 0 spiro atoms. The van der Waals surface area contributed by atoms with Crippen molar-refractivity contribution >= 4 is 11.8 Å². The number of carbonyl (C=O) groups is 2. The average Bonchev–Trinajstić information content (AvgIpc) is 3.14. The van der Waals surface area contributed by atoms with Gasteiger partial charge in [0.2, 0.25) is 0 Å². The summed E-state index contributed by atoms with van der Waals surface area (Å²) in [5.74, 6) is -1.38. The lowest BCUT2D eigenvalue weighted by Gasteiger charge is -2.31. The number of hydrogen-bond acceptors (Lipinski definition) is 11. The van der Waals surface area contributed by atoms with Crippen LogP contribution in [-0.2, 0) is 19.6 Å². The van der Waals surface area contributed by atoms with Crippen molar-refractivity contribution in [3.8, 4) is 11.5 Å². The highest BCUT2D eigenvalue weighted by molar-refractivity contribution is 5.98. The van der Waals surface area contributed by atoms with Crippen LogP contribution in [0.3, 0.4) is 0 Å². The smallest absolute Gasteiger partial charge is 0.255 e. The first-order valence-electron chi connectivity index (χ1n) is 18.5. The quantitative estimate of drug-likeness (QED) is 0.121. The Morgan fingerprint density at radius 1 is 0.585 bits per heavy atom. The number of hydrogen-bond donors (Lipinski definition) is 8. The summed E-state index contributed by atoms with van der Waals surface area (Å²) < 4.78 is 0. The van der Waals surface area contributed by atoms with Gasteiger partial charge in [-0.25, -0.2) is 0 Å². The number of phenolic OH excluding ortho intramolecular Hbond substituents is 2. The Bertz CT molecular complexity index is 1520. The molecule has 3 aromatic rings. The maximum atomic E-state index is 13.0. The Balaban J connectivity index is 1.56. The fourth-order valence-corrected chi connectivity index (χ4v) is 6.81. The molecule has 0 saturated carbocycles. The Morgan fingerprint density at radius 3 is 1.30 bits per heavy atom.